The molecule has 0 aromatic carbocycles. The summed E-state index contributed by atoms with van der Waals surface area (Å²) in [6, 6.07) is 3.83. The number of hydrogen-bond acceptors (Lipinski definition) is 4. The van der Waals surface area contributed by atoms with Crippen LogP contribution in [0.5, 0.6) is 0 Å². The molecule has 1 heterocycles. The molecule has 17 heavy (non-hydrogen) atoms. The van der Waals surface area contributed by atoms with Gasteiger partial charge >= 0.3 is 5.97 Å². The Hall–Kier alpha value is -1.91. The van der Waals surface area contributed by atoms with Crippen molar-refractivity contribution in [3.8, 4) is 0 Å². The fourth-order valence-electron chi connectivity index (χ4n) is 1.47. The molecule has 0 aliphatic rings. The lowest BCUT2D eigenvalue weighted by Crippen LogP contribution is -2.11. The van der Waals surface area contributed by atoms with Crippen molar-refractivity contribution in [1.82, 2.24) is 10.3 Å². The largest absolute Gasteiger partial charge is 0.469 e. The summed E-state index contributed by atoms with van der Waals surface area (Å²) in [5, 5.41) is 2.56. The summed E-state index contributed by atoms with van der Waals surface area (Å²) in [4.78, 5) is 25.2. The Morgan fingerprint density at radius 1 is 1.59 bits per heavy atom. The molecule has 5 heteroatoms. The SMILES string of the molecule is COC(=O)CCCc1ccnc(CNC=O)c1. The number of nitrogens with one attached hydrogen (secondary N) is 1. The van der Waals surface area contributed by atoms with E-state index in [0.717, 1.165) is 24.1 Å². The summed E-state index contributed by atoms with van der Waals surface area (Å²) in [5.41, 5.74) is 1.92. The maximum absolute atomic E-state index is 10.9. The number of rotatable bonds is 7. The molecule has 0 spiro atoms. The van der Waals surface area contributed by atoms with Crippen LogP contribution in [0.15, 0.2) is 18.3 Å². The van der Waals surface area contributed by atoms with Crippen molar-refractivity contribution in [2.24, 2.45) is 0 Å². The minimum Gasteiger partial charge on any atom is -0.469 e. The van der Waals surface area contributed by atoms with Gasteiger partial charge in [0.1, 0.15) is 0 Å². The Bertz CT molecular complexity index is 380. The third kappa shape index (κ3) is 5.10. The molecule has 0 atom stereocenters. The van der Waals surface area contributed by atoms with Gasteiger partial charge in [0.25, 0.3) is 0 Å². The van der Waals surface area contributed by atoms with E-state index in [1.807, 2.05) is 12.1 Å². The van der Waals surface area contributed by atoms with Gasteiger partial charge < -0.3 is 10.1 Å². The lowest BCUT2D eigenvalue weighted by atomic mass is 10.1. The van der Waals surface area contributed by atoms with Gasteiger partial charge in [-0.1, -0.05) is 0 Å². The molecule has 5 nitrogen and oxygen atoms in total. The first-order valence-electron chi connectivity index (χ1n) is 5.44. The number of carbonyl (C=O) groups is 2. The normalized spacial score (nSPS) is 9.71. The summed E-state index contributed by atoms with van der Waals surface area (Å²) < 4.78 is 4.56. The minimum absolute atomic E-state index is 0.193. The van der Waals surface area contributed by atoms with Crippen LogP contribution in [0.25, 0.3) is 0 Å². The number of aryl methyl sites for hydroxylation is 1. The van der Waals surface area contributed by atoms with Crippen LogP contribution in [0, 0.1) is 0 Å². The number of nitrogens with zero attached hydrogens (tertiary/aromatic N) is 1. The van der Waals surface area contributed by atoms with Crippen LogP contribution in [0.3, 0.4) is 0 Å². The van der Waals surface area contributed by atoms with Gasteiger partial charge in [0.2, 0.25) is 6.41 Å². The van der Waals surface area contributed by atoms with Crippen LogP contribution >= 0.6 is 0 Å². The Morgan fingerprint density at radius 3 is 3.12 bits per heavy atom. The monoisotopic (exact) mass is 236 g/mol. The first kappa shape index (κ1) is 13.2. The number of methoxy groups -OCH3 is 1. The Kier molecular flexibility index (Phi) is 5.71. The molecule has 92 valence electrons. The van der Waals surface area contributed by atoms with E-state index in [0.29, 0.717) is 19.4 Å². The van der Waals surface area contributed by atoms with Gasteiger partial charge in [0, 0.05) is 12.6 Å². The number of ether oxygens (including phenoxy) is 1. The molecular weight excluding hydrogens is 220 g/mol. The van der Waals surface area contributed by atoms with Crippen LogP contribution in [0.2, 0.25) is 0 Å². The van der Waals surface area contributed by atoms with Crippen molar-refractivity contribution in [2.75, 3.05) is 7.11 Å². The highest BCUT2D eigenvalue weighted by Crippen LogP contribution is 2.06. The molecule has 1 aromatic rings. The fourth-order valence-corrected chi connectivity index (χ4v) is 1.47. The van der Waals surface area contributed by atoms with Crippen molar-refractivity contribution < 1.29 is 14.3 Å². The number of hydrogen-bond donors (Lipinski definition) is 1. The van der Waals surface area contributed by atoms with Gasteiger partial charge in [-0.05, 0) is 30.5 Å². The zero-order valence-corrected chi connectivity index (χ0v) is 9.81. The Labute approximate surface area is 100 Å². The highest BCUT2D eigenvalue weighted by Gasteiger charge is 2.01. The van der Waals surface area contributed by atoms with Gasteiger partial charge in [-0.3, -0.25) is 14.6 Å². The molecule has 0 bridgehead atoms. The molecule has 1 amide bonds. The van der Waals surface area contributed by atoms with Crippen molar-refractivity contribution in [3.63, 3.8) is 0 Å². The molecule has 0 unspecified atom stereocenters. The highest BCUT2D eigenvalue weighted by molar-refractivity contribution is 5.69. The lowest BCUT2D eigenvalue weighted by Gasteiger charge is -2.04. The van der Waals surface area contributed by atoms with Gasteiger partial charge in [0.05, 0.1) is 19.3 Å². The molecule has 1 aromatic heterocycles. The first-order chi connectivity index (χ1) is 8.26. The van der Waals surface area contributed by atoms with Crippen LogP contribution in [0.1, 0.15) is 24.1 Å². The summed E-state index contributed by atoms with van der Waals surface area (Å²) in [7, 11) is 1.39. The number of carbonyl (C=O) groups excluding carboxylic acids is 2. The standard InChI is InChI=1S/C12H16N2O3/c1-17-12(16)4-2-3-10-5-6-14-11(7-10)8-13-9-15/h5-7,9H,2-4,8H2,1H3,(H,13,15). The quantitative estimate of drug-likeness (QED) is 0.562. The second-order valence-corrected chi connectivity index (χ2v) is 3.58. The third-order valence-electron chi connectivity index (χ3n) is 2.32. The molecule has 0 saturated heterocycles. The zero-order chi connectivity index (χ0) is 12.5. The summed E-state index contributed by atoms with van der Waals surface area (Å²) in [5.74, 6) is -0.193. The van der Waals surface area contributed by atoms with E-state index in [2.05, 4.69) is 15.0 Å². The average molecular weight is 236 g/mol. The zero-order valence-electron chi connectivity index (χ0n) is 9.81. The van der Waals surface area contributed by atoms with E-state index < -0.39 is 0 Å². The van der Waals surface area contributed by atoms with E-state index in [9.17, 15) is 9.59 Å². The van der Waals surface area contributed by atoms with Crippen molar-refractivity contribution in [1.29, 1.82) is 0 Å². The molecule has 0 saturated carbocycles. The highest BCUT2D eigenvalue weighted by atomic mass is 16.5. The van der Waals surface area contributed by atoms with Crippen molar-refractivity contribution in [3.05, 3.63) is 29.6 Å². The van der Waals surface area contributed by atoms with Gasteiger partial charge in [-0.2, -0.15) is 0 Å². The van der Waals surface area contributed by atoms with E-state index in [1.165, 1.54) is 7.11 Å². The fraction of sp³-hybridized carbons (Fsp3) is 0.417. The summed E-state index contributed by atoms with van der Waals surface area (Å²) in [6.45, 7) is 0.425. The van der Waals surface area contributed by atoms with Crippen LogP contribution < -0.4 is 5.32 Å². The third-order valence-corrected chi connectivity index (χ3v) is 2.32. The second kappa shape index (κ2) is 7.38. The predicted octanol–water partition coefficient (Wildman–Crippen LogP) is 0.823. The second-order valence-electron chi connectivity index (χ2n) is 3.58. The molecule has 1 rings (SSSR count). The molecule has 0 fully saturated rings. The van der Waals surface area contributed by atoms with E-state index in [4.69, 9.17) is 0 Å². The molecule has 0 radical (unpaired) electrons. The first-order valence-corrected chi connectivity index (χ1v) is 5.44. The number of esters is 1. The Balaban J connectivity index is 2.42. The van der Waals surface area contributed by atoms with Gasteiger partial charge in [-0.15, -0.1) is 0 Å². The maximum Gasteiger partial charge on any atom is 0.305 e. The molecular formula is C12H16N2O3. The number of pyridine rings is 1. The Morgan fingerprint density at radius 2 is 2.41 bits per heavy atom. The van der Waals surface area contributed by atoms with E-state index in [1.54, 1.807) is 6.20 Å². The average Bonchev–Trinajstić information content (AvgIpc) is 2.36. The maximum atomic E-state index is 10.9. The molecule has 0 aliphatic carbocycles. The van der Waals surface area contributed by atoms with Crippen LogP contribution in [-0.2, 0) is 27.3 Å². The van der Waals surface area contributed by atoms with Crippen LogP contribution in [-0.4, -0.2) is 24.5 Å². The topological polar surface area (TPSA) is 68.3 Å². The molecule has 0 aliphatic heterocycles. The van der Waals surface area contributed by atoms with Crippen LogP contribution in [0.4, 0.5) is 0 Å². The smallest absolute Gasteiger partial charge is 0.305 e. The number of amides is 1. The van der Waals surface area contributed by atoms with Gasteiger partial charge in [0.15, 0.2) is 0 Å². The van der Waals surface area contributed by atoms with E-state index in [-0.39, 0.29) is 5.97 Å². The van der Waals surface area contributed by atoms with E-state index >= 15 is 0 Å². The van der Waals surface area contributed by atoms with Crippen molar-refractivity contribution in [2.45, 2.75) is 25.8 Å². The summed E-state index contributed by atoms with van der Waals surface area (Å²) in [6.07, 6.45) is 4.31. The van der Waals surface area contributed by atoms with Gasteiger partial charge in [-0.25, -0.2) is 0 Å². The molecule has 1 N–H and O–H groups in total. The predicted molar refractivity (Wildman–Crippen MR) is 62.1 cm³/mol. The lowest BCUT2D eigenvalue weighted by molar-refractivity contribution is -0.140. The number of aromatic nitrogens is 1. The van der Waals surface area contributed by atoms with Crippen molar-refractivity contribution >= 4 is 12.4 Å². The minimum atomic E-state index is -0.193. The summed E-state index contributed by atoms with van der Waals surface area (Å²) >= 11 is 0.